The predicted molar refractivity (Wildman–Crippen MR) is 91.7 cm³/mol. The molecule has 0 aliphatic carbocycles. The minimum atomic E-state index is -0.870. The van der Waals surface area contributed by atoms with Crippen LogP contribution in [0.1, 0.15) is 30.7 Å². The molecular formula is C17H18N2O6S. The van der Waals surface area contributed by atoms with Crippen LogP contribution < -0.4 is 4.74 Å². The molecule has 138 valence electrons. The summed E-state index contributed by atoms with van der Waals surface area (Å²) in [5.74, 6) is -1.17. The second kappa shape index (κ2) is 7.36. The summed E-state index contributed by atoms with van der Waals surface area (Å²) in [6, 6.07) is 6.34. The minimum absolute atomic E-state index is 0.0242. The van der Waals surface area contributed by atoms with E-state index in [-0.39, 0.29) is 24.1 Å². The van der Waals surface area contributed by atoms with Crippen LogP contribution in [0.5, 0.6) is 5.75 Å². The monoisotopic (exact) mass is 378 g/mol. The van der Waals surface area contributed by atoms with E-state index in [2.05, 4.69) is 0 Å². The fourth-order valence-electron chi connectivity index (χ4n) is 2.91. The number of ether oxygens (including phenoxy) is 1. The van der Waals surface area contributed by atoms with Gasteiger partial charge in [0.25, 0.3) is 11.8 Å². The second-order valence-corrected chi connectivity index (χ2v) is 7.01. The Kier molecular flexibility index (Phi) is 5.17. The maximum Gasteiger partial charge on any atom is 0.356 e. The van der Waals surface area contributed by atoms with Crippen LogP contribution in [0.3, 0.4) is 0 Å². The quantitative estimate of drug-likeness (QED) is 0.728. The Bertz CT molecular complexity index is 734. The Balaban J connectivity index is 1.77. The van der Waals surface area contributed by atoms with Gasteiger partial charge in [-0.25, -0.2) is 4.79 Å². The molecule has 0 aromatic heterocycles. The smallest absolute Gasteiger partial charge is 0.356 e. The average Bonchev–Trinajstić information content (AvgIpc) is 3.21. The molecule has 0 saturated carbocycles. The van der Waals surface area contributed by atoms with Crippen molar-refractivity contribution in [3.05, 3.63) is 29.8 Å². The molecule has 0 spiro atoms. The van der Waals surface area contributed by atoms with Crippen LogP contribution in [0.25, 0.3) is 0 Å². The van der Waals surface area contributed by atoms with E-state index < -0.39 is 23.8 Å². The Morgan fingerprint density at radius 2 is 1.73 bits per heavy atom. The summed E-state index contributed by atoms with van der Waals surface area (Å²) in [5, 5.41) is 0.146. The van der Waals surface area contributed by atoms with Gasteiger partial charge in [-0.15, -0.1) is 16.8 Å². The van der Waals surface area contributed by atoms with Gasteiger partial charge in [-0.3, -0.25) is 14.4 Å². The molecule has 2 heterocycles. The number of hydroxylamine groups is 2. The molecule has 2 aliphatic heterocycles. The Morgan fingerprint density at radius 1 is 1.12 bits per heavy atom. The third-order valence-electron chi connectivity index (χ3n) is 4.22. The zero-order valence-corrected chi connectivity index (χ0v) is 15.2. The summed E-state index contributed by atoms with van der Waals surface area (Å²) in [5.41, 5.74) is 0.842. The van der Waals surface area contributed by atoms with Crippen LogP contribution in [-0.4, -0.2) is 52.6 Å². The van der Waals surface area contributed by atoms with Crippen molar-refractivity contribution >= 4 is 35.5 Å². The van der Waals surface area contributed by atoms with E-state index in [0.29, 0.717) is 16.6 Å². The zero-order chi connectivity index (χ0) is 18.8. The zero-order valence-electron chi connectivity index (χ0n) is 14.3. The van der Waals surface area contributed by atoms with Crippen molar-refractivity contribution < 1.29 is 28.8 Å². The molecule has 1 aromatic carbocycles. The predicted octanol–water partition coefficient (Wildman–Crippen LogP) is 1.26. The van der Waals surface area contributed by atoms with Gasteiger partial charge >= 0.3 is 5.97 Å². The molecule has 0 bridgehead atoms. The van der Waals surface area contributed by atoms with Crippen molar-refractivity contribution in [2.75, 3.05) is 12.9 Å². The van der Waals surface area contributed by atoms with Crippen molar-refractivity contribution in [2.24, 2.45) is 0 Å². The van der Waals surface area contributed by atoms with Crippen LogP contribution in [0.4, 0.5) is 0 Å². The fraction of sp³-hybridized carbons (Fsp3) is 0.412. The highest BCUT2D eigenvalue weighted by Crippen LogP contribution is 2.42. The van der Waals surface area contributed by atoms with Crippen LogP contribution >= 0.6 is 11.8 Å². The summed E-state index contributed by atoms with van der Waals surface area (Å²) < 4.78 is 5.13. The highest BCUT2D eigenvalue weighted by atomic mass is 32.2. The maximum atomic E-state index is 12.5. The molecule has 3 amide bonds. The number of imide groups is 1. The number of hydrogen-bond donors (Lipinski definition) is 0. The van der Waals surface area contributed by atoms with E-state index in [4.69, 9.17) is 9.57 Å². The number of benzene rings is 1. The summed E-state index contributed by atoms with van der Waals surface area (Å²) in [4.78, 5) is 54.3. The standard InChI is InChI=1S/C17H18N2O6S/c1-10(20)18-13(17(23)25-19-14(21)7-8-15(19)22)9-26-16(18)11-3-5-12(24-2)6-4-11/h3-6,13,16H,7-9H2,1-2H3/t13-,16+/m0/s1. The first-order valence-electron chi connectivity index (χ1n) is 8.04. The first-order valence-corrected chi connectivity index (χ1v) is 9.09. The lowest BCUT2D eigenvalue weighted by molar-refractivity contribution is -0.200. The Hall–Kier alpha value is -2.55. The van der Waals surface area contributed by atoms with E-state index in [9.17, 15) is 19.2 Å². The number of amides is 3. The van der Waals surface area contributed by atoms with Gasteiger partial charge in [-0.2, -0.15) is 0 Å². The van der Waals surface area contributed by atoms with Crippen LogP contribution in [-0.2, 0) is 24.0 Å². The molecule has 2 fully saturated rings. The van der Waals surface area contributed by atoms with Crippen molar-refractivity contribution in [3.8, 4) is 5.75 Å². The summed E-state index contributed by atoms with van der Waals surface area (Å²) in [6.07, 6.45) is 0.0485. The summed E-state index contributed by atoms with van der Waals surface area (Å²) in [7, 11) is 1.56. The SMILES string of the molecule is COc1ccc([C@H]2SC[C@@H](C(=O)ON3C(=O)CCC3=O)N2C(C)=O)cc1. The van der Waals surface area contributed by atoms with E-state index in [0.717, 1.165) is 5.56 Å². The molecule has 9 heteroatoms. The lowest BCUT2D eigenvalue weighted by Crippen LogP contribution is -2.45. The van der Waals surface area contributed by atoms with Gasteiger partial charge in [-0.05, 0) is 17.7 Å². The lowest BCUT2D eigenvalue weighted by atomic mass is 10.1. The van der Waals surface area contributed by atoms with Gasteiger partial charge in [0.1, 0.15) is 17.2 Å². The number of hydrogen-bond acceptors (Lipinski definition) is 7. The molecule has 2 atom stereocenters. The Morgan fingerprint density at radius 3 is 2.27 bits per heavy atom. The van der Waals surface area contributed by atoms with Gasteiger partial charge < -0.3 is 14.5 Å². The number of methoxy groups -OCH3 is 1. The number of carbonyl (C=O) groups excluding carboxylic acids is 4. The third kappa shape index (κ3) is 3.39. The van der Waals surface area contributed by atoms with E-state index >= 15 is 0 Å². The third-order valence-corrected chi connectivity index (χ3v) is 5.55. The van der Waals surface area contributed by atoms with Crippen LogP contribution in [0.15, 0.2) is 24.3 Å². The summed E-state index contributed by atoms with van der Waals surface area (Å²) >= 11 is 1.42. The highest BCUT2D eigenvalue weighted by molar-refractivity contribution is 7.99. The molecule has 2 aliphatic rings. The number of thioether (sulfide) groups is 1. The molecule has 2 saturated heterocycles. The minimum Gasteiger partial charge on any atom is -0.497 e. The van der Waals surface area contributed by atoms with Crippen molar-refractivity contribution in [1.29, 1.82) is 0 Å². The lowest BCUT2D eigenvalue weighted by Gasteiger charge is -2.28. The molecular weight excluding hydrogens is 360 g/mol. The van der Waals surface area contributed by atoms with Crippen LogP contribution in [0, 0.1) is 0 Å². The van der Waals surface area contributed by atoms with Crippen molar-refractivity contribution in [3.63, 3.8) is 0 Å². The molecule has 0 radical (unpaired) electrons. The second-order valence-electron chi connectivity index (χ2n) is 5.89. The first-order chi connectivity index (χ1) is 12.4. The van der Waals surface area contributed by atoms with Crippen LogP contribution in [0.2, 0.25) is 0 Å². The van der Waals surface area contributed by atoms with Crippen molar-refractivity contribution in [2.45, 2.75) is 31.2 Å². The molecule has 1 aromatic rings. The first kappa shape index (κ1) is 18.2. The van der Waals surface area contributed by atoms with Gasteiger partial charge in [0.05, 0.1) is 7.11 Å². The normalized spacial score (nSPS) is 22.7. The molecule has 0 unspecified atom stereocenters. The van der Waals surface area contributed by atoms with Gasteiger partial charge in [0.15, 0.2) is 0 Å². The van der Waals surface area contributed by atoms with Gasteiger partial charge in [0, 0.05) is 25.5 Å². The van der Waals surface area contributed by atoms with Gasteiger partial charge in [0.2, 0.25) is 5.91 Å². The molecule has 3 rings (SSSR count). The number of nitrogens with zero attached hydrogens (tertiary/aromatic N) is 2. The number of carbonyl (C=O) groups is 4. The Labute approximate surface area is 154 Å². The largest absolute Gasteiger partial charge is 0.497 e. The number of rotatable bonds is 4. The molecule has 8 nitrogen and oxygen atoms in total. The highest BCUT2D eigenvalue weighted by Gasteiger charge is 2.44. The van der Waals surface area contributed by atoms with Crippen molar-refractivity contribution in [1.82, 2.24) is 9.96 Å². The van der Waals surface area contributed by atoms with Gasteiger partial charge in [-0.1, -0.05) is 12.1 Å². The fourth-order valence-corrected chi connectivity index (χ4v) is 4.37. The topological polar surface area (TPSA) is 93.2 Å². The average molecular weight is 378 g/mol. The van der Waals surface area contributed by atoms with E-state index in [1.165, 1.54) is 23.6 Å². The maximum absolute atomic E-state index is 12.5. The summed E-state index contributed by atoms with van der Waals surface area (Å²) in [6.45, 7) is 1.37. The molecule has 26 heavy (non-hydrogen) atoms. The molecule has 0 N–H and O–H groups in total. The van der Waals surface area contributed by atoms with E-state index in [1.807, 2.05) is 12.1 Å². The van der Waals surface area contributed by atoms with E-state index in [1.54, 1.807) is 19.2 Å².